The van der Waals surface area contributed by atoms with E-state index < -0.39 is 40.7 Å². The Hall–Kier alpha value is -1.51. The van der Waals surface area contributed by atoms with Crippen molar-refractivity contribution in [3.05, 3.63) is 57.0 Å². The van der Waals surface area contributed by atoms with Crippen molar-refractivity contribution >= 4 is 11.3 Å². The first-order valence-electron chi connectivity index (χ1n) is 7.02. The van der Waals surface area contributed by atoms with Crippen LogP contribution in [-0.4, -0.2) is 31.1 Å². The first-order chi connectivity index (χ1) is 11.0. The molecule has 1 fully saturated rings. The summed E-state index contributed by atoms with van der Waals surface area (Å²) in [6.45, 7) is 2.05. The molecular formula is C15H13F5N2S. The van der Waals surface area contributed by atoms with E-state index in [0.717, 1.165) is 0 Å². The van der Waals surface area contributed by atoms with Crippen LogP contribution in [0.2, 0.25) is 0 Å². The Morgan fingerprint density at radius 3 is 2.00 bits per heavy atom. The van der Waals surface area contributed by atoms with E-state index >= 15 is 0 Å². The molecule has 0 bridgehead atoms. The lowest BCUT2D eigenvalue weighted by molar-refractivity contribution is 0.190. The normalized spacial score (nSPS) is 17.4. The fourth-order valence-electron chi connectivity index (χ4n) is 2.75. The van der Waals surface area contributed by atoms with Gasteiger partial charge in [0.2, 0.25) is 5.82 Å². The Morgan fingerprint density at radius 2 is 1.48 bits per heavy atom. The van der Waals surface area contributed by atoms with E-state index in [1.165, 1.54) is 11.3 Å². The van der Waals surface area contributed by atoms with E-state index in [1.807, 2.05) is 0 Å². The number of hydrogen-bond acceptors (Lipinski definition) is 3. The second-order valence-electron chi connectivity index (χ2n) is 5.19. The lowest BCUT2D eigenvalue weighted by atomic mass is 10.0. The van der Waals surface area contributed by atoms with Crippen LogP contribution in [0.15, 0.2) is 17.5 Å². The van der Waals surface area contributed by atoms with Crippen molar-refractivity contribution in [1.82, 2.24) is 10.2 Å². The van der Waals surface area contributed by atoms with Gasteiger partial charge in [0, 0.05) is 31.1 Å². The van der Waals surface area contributed by atoms with Crippen molar-refractivity contribution in [3.8, 4) is 0 Å². The third-order valence-electron chi connectivity index (χ3n) is 3.85. The molecule has 0 radical (unpaired) electrons. The number of thiophene rings is 1. The first kappa shape index (κ1) is 16.4. The number of piperazine rings is 1. The maximum absolute atomic E-state index is 14.2. The summed E-state index contributed by atoms with van der Waals surface area (Å²) in [5.74, 6) is -9.48. The summed E-state index contributed by atoms with van der Waals surface area (Å²) in [6, 6.07) is 2.32. The standard InChI is InChI=1S/C15H13F5N2S/c16-10-9(11(17)13(19)14(20)12(10)18)15(8-2-1-7-23-8)22-5-3-21-4-6-22/h1-2,7,15,21H,3-6H2/t15-/m0/s1. The predicted octanol–water partition coefficient (Wildman–Crippen LogP) is 3.44. The highest BCUT2D eigenvalue weighted by atomic mass is 32.1. The van der Waals surface area contributed by atoms with E-state index in [4.69, 9.17) is 0 Å². The zero-order valence-electron chi connectivity index (χ0n) is 11.9. The first-order valence-corrected chi connectivity index (χ1v) is 7.89. The molecule has 1 aromatic carbocycles. The van der Waals surface area contributed by atoms with Crippen LogP contribution >= 0.6 is 11.3 Å². The van der Waals surface area contributed by atoms with Crippen LogP contribution in [0.1, 0.15) is 16.5 Å². The van der Waals surface area contributed by atoms with Crippen molar-refractivity contribution in [2.45, 2.75) is 6.04 Å². The van der Waals surface area contributed by atoms with Crippen molar-refractivity contribution in [1.29, 1.82) is 0 Å². The van der Waals surface area contributed by atoms with Gasteiger partial charge >= 0.3 is 0 Å². The van der Waals surface area contributed by atoms with Gasteiger partial charge in [0.25, 0.3) is 0 Å². The van der Waals surface area contributed by atoms with Gasteiger partial charge in [-0.05, 0) is 11.4 Å². The Balaban J connectivity index is 2.18. The molecule has 1 aromatic heterocycles. The molecule has 2 heterocycles. The minimum absolute atomic E-state index is 0.446. The second-order valence-corrected chi connectivity index (χ2v) is 6.17. The van der Waals surface area contributed by atoms with Crippen LogP contribution in [0.5, 0.6) is 0 Å². The third kappa shape index (κ3) is 2.86. The number of nitrogens with zero attached hydrogens (tertiary/aromatic N) is 1. The Labute approximate surface area is 133 Å². The summed E-state index contributed by atoms with van der Waals surface area (Å²) >= 11 is 1.22. The monoisotopic (exact) mass is 348 g/mol. The number of hydrogen-bond donors (Lipinski definition) is 1. The molecule has 0 spiro atoms. The van der Waals surface area contributed by atoms with Gasteiger partial charge in [0.1, 0.15) is 0 Å². The lowest BCUT2D eigenvalue weighted by Crippen LogP contribution is -2.45. The minimum Gasteiger partial charge on any atom is -0.314 e. The molecule has 1 aliphatic rings. The van der Waals surface area contributed by atoms with Crippen molar-refractivity contribution in [3.63, 3.8) is 0 Å². The van der Waals surface area contributed by atoms with Crippen molar-refractivity contribution in [2.24, 2.45) is 0 Å². The van der Waals surface area contributed by atoms with Gasteiger partial charge in [-0.3, -0.25) is 4.90 Å². The van der Waals surface area contributed by atoms with Gasteiger partial charge in [-0.2, -0.15) is 0 Å². The maximum atomic E-state index is 14.2. The SMILES string of the molecule is Fc1c(F)c(F)c([C@H](c2cccs2)N2CCNCC2)c(F)c1F. The van der Waals surface area contributed by atoms with E-state index in [0.29, 0.717) is 31.1 Å². The molecule has 2 nitrogen and oxygen atoms in total. The average molecular weight is 348 g/mol. The van der Waals surface area contributed by atoms with Crippen LogP contribution in [-0.2, 0) is 0 Å². The summed E-state index contributed by atoms with van der Waals surface area (Å²) < 4.78 is 68.9. The van der Waals surface area contributed by atoms with Crippen LogP contribution in [0.25, 0.3) is 0 Å². The topological polar surface area (TPSA) is 15.3 Å². The molecule has 8 heteroatoms. The maximum Gasteiger partial charge on any atom is 0.200 e. The predicted molar refractivity (Wildman–Crippen MR) is 76.8 cm³/mol. The van der Waals surface area contributed by atoms with Gasteiger partial charge in [0.15, 0.2) is 23.3 Å². The van der Waals surface area contributed by atoms with E-state index in [2.05, 4.69) is 5.32 Å². The van der Waals surface area contributed by atoms with Gasteiger partial charge in [0.05, 0.1) is 11.6 Å². The number of rotatable bonds is 3. The molecule has 23 heavy (non-hydrogen) atoms. The highest BCUT2D eigenvalue weighted by Crippen LogP contribution is 2.37. The molecule has 1 N–H and O–H groups in total. The minimum atomic E-state index is -2.13. The van der Waals surface area contributed by atoms with E-state index in [1.54, 1.807) is 22.4 Å². The summed E-state index contributed by atoms with van der Waals surface area (Å²) in [4.78, 5) is 2.26. The summed E-state index contributed by atoms with van der Waals surface area (Å²) in [7, 11) is 0. The molecule has 1 aliphatic heterocycles. The molecule has 0 unspecified atom stereocenters. The molecule has 3 rings (SSSR count). The van der Waals surface area contributed by atoms with Crippen LogP contribution in [0, 0.1) is 29.1 Å². The number of benzene rings is 1. The molecule has 0 saturated carbocycles. The van der Waals surface area contributed by atoms with Crippen LogP contribution < -0.4 is 5.32 Å². The van der Waals surface area contributed by atoms with Crippen LogP contribution in [0.4, 0.5) is 22.0 Å². The zero-order chi connectivity index (χ0) is 16.6. The fraction of sp³-hybridized carbons (Fsp3) is 0.333. The number of halogens is 5. The molecule has 1 atom stereocenters. The van der Waals surface area contributed by atoms with Gasteiger partial charge < -0.3 is 5.32 Å². The largest absolute Gasteiger partial charge is 0.314 e. The van der Waals surface area contributed by atoms with E-state index in [9.17, 15) is 22.0 Å². The molecule has 0 amide bonds. The van der Waals surface area contributed by atoms with E-state index in [-0.39, 0.29) is 0 Å². The van der Waals surface area contributed by atoms with Gasteiger partial charge in [-0.1, -0.05) is 6.07 Å². The fourth-order valence-corrected chi connectivity index (χ4v) is 3.62. The zero-order valence-corrected chi connectivity index (χ0v) is 12.7. The molecule has 124 valence electrons. The highest BCUT2D eigenvalue weighted by molar-refractivity contribution is 7.10. The lowest BCUT2D eigenvalue weighted by Gasteiger charge is -2.35. The van der Waals surface area contributed by atoms with Gasteiger partial charge in [-0.15, -0.1) is 11.3 Å². The summed E-state index contributed by atoms with van der Waals surface area (Å²) in [6.07, 6.45) is 0. The molecular weight excluding hydrogens is 335 g/mol. The second kappa shape index (κ2) is 6.54. The summed E-state index contributed by atoms with van der Waals surface area (Å²) in [5, 5.41) is 4.80. The quantitative estimate of drug-likeness (QED) is 0.519. The number of nitrogens with one attached hydrogen (secondary N) is 1. The van der Waals surface area contributed by atoms with Crippen molar-refractivity contribution < 1.29 is 22.0 Å². The molecule has 2 aromatic rings. The third-order valence-corrected chi connectivity index (χ3v) is 4.77. The Kier molecular flexibility index (Phi) is 4.65. The van der Waals surface area contributed by atoms with Crippen molar-refractivity contribution in [2.75, 3.05) is 26.2 Å². The average Bonchev–Trinajstić information content (AvgIpc) is 3.10. The Bertz CT molecular complexity index is 669. The molecule has 1 saturated heterocycles. The van der Waals surface area contributed by atoms with Gasteiger partial charge in [-0.25, -0.2) is 22.0 Å². The summed E-state index contributed by atoms with van der Waals surface area (Å²) in [5.41, 5.74) is -0.786. The van der Waals surface area contributed by atoms with Crippen LogP contribution in [0.3, 0.4) is 0 Å². The Morgan fingerprint density at radius 1 is 0.913 bits per heavy atom. The molecule has 0 aliphatic carbocycles. The highest BCUT2D eigenvalue weighted by Gasteiger charge is 2.35. The smallest absolute Gasteiger partial charge is 0.200 e.